The molecule has 5 heteroatoms. The van der Waals surface area contributed by atoms with E-state index in [1.54, 1.807) is 6.20 Å². The summed E-state index contributed by atoms with van der Waals surface area (Å²) in [5.74, 6) is 0. The van der Waals surface area contributed by atoms with Crippen LogP contribution in [0.5, 0.6) is 0 Å². The third kappa shape index (κ3) is 3.79. The van der Waals surface area contributed by atoms with E-state index in [-0.39, 0.29) is 5.41 Å². The lowest BCUT2D eigenvalue weighted by Crippen LogP contribution is -2.25. The Kier molecular flexibility index (Phi) is 4.75. The maximum absolute atomic E-state index is 10.4. The zero-order valence-electron chi connectivity index (χ0n) is 11.2. The van der Waals surface area contributed by atoms with Gasteiger partial charge in [0, 0.05) is 6.54 Å². The van der Waals surface area contributed by atoms with Crippen LogP contribution in [0, 0.1) is 5.41 Å². The molecule has 1 aromatic heterocycles. The number of nitrogens with zero attached hydrogens (tertiary/aromatic N) is 3. The van der Waals surface area contributed by atoms with Crippen molar-refractivity contribution in [1.29, 1.82) is 0 Å². The van der Waals surface area contributed by atoms with Crippen molar-refractivity contribution >= 4 is 15.9 Å². The lowest BCUT2D eigenvalue weighted by atomic mass is 9.87. The SMILES string of the molecule is CN(C)CCn1ncc(Br)c1C(O)C(C)(C)C. The molecule has 0 radical (unpaired) electrons. The lowest BCUT2D eigenvalue weighted by molar-refractivity contribution is 0.0536. The number of aliphatic hydroxyl groups excluding tert-OH is 1. The van der Waals surface area contributed by atoms with Gasteiger partial charge in [-0.3, -0.25) is 4.68 Å². The highest BCUT2D eigenvalue weighted by atomic mass is 79.9. The van der Waals surface area contributed by atoms with Gasteiger partial charge in [-0.15, -0.1) is 0 Å². The molecule has 0 aliphatic heterocycles. The number of hydrogen-bond donors (Lipinski definition) is 1. The Morgan fingerprint density at radius 2 is 2.06 bits per heavy atom. The predicted molar refractivity (Wildman–Crippen MR) is 72.9 cm³/mol. The van der Waals surface area contributed by atoms with Gasteiger partial charge in [0.2, 0.25) is 0 Å². The molecular formula is C12H22BrN3O. The molecule has 98 valence electrons. The first kappa shape index (κ1) is 14.7. The van der Waals surface area contributed by atoms with Crippen LogP contribution in [0.25, 0.3) is 0 Å². The molecule has 0 fully saturated rings. The average Bonchev–Trinajstić information content (AvgIpc) is 2.54. The summed E-state index contributed by atoms with van der Waals surface area (Å²) in [5.41, 5.74) is 0.664. The highest BCUT2D eigenvalue weighted by molar-refractivity contribution is 9.10. The minimum absolute atomic E-state index is 0.196. The number of likely N-dealkylation sites (N-methyl/N-ethyl adjacent to an activating group) is 1. The van der Waals surface area contributed by atoms with Crippen molar-refractivity contribution in [3.8, 4) is 0 Å². The Morgan fingerprint density at radius 1 is 1.47 bits per heavy atom. The number of rotatable bonds is 4. The van der Waals surface area contributed by atoms with Crippen molar-refractivity contribution in [1.82, 2.24) is 14.7 Å². The number of hydrogen-bond acceptors (Lipinski definition) is 3. The highest BCUT2D eigenvalue weighted by Gasteiger charge is 2.29. The summed E-state index contributed by atoms with van der Waals surface area (Å²) in [6, 6.07) is 0. The molecule has 1 rings (SSSR count). The van der Waals surface area contributed by atoms with Crippen LogP contribution in [-0.2, 0) is 6.54 Å². The molecule has 0 saturated carbocycles. The molecular weight excluding hydrogens is 282 g/mol. The molecule has 0 bridgehead atoms. The van der Waals surface area contributed by atoms with Crippen LogP contribution in [0.4, 0.5) is 0 Å². The fourth-order valence-corrected chi connectivity index (χ4v) is 2.04. The third-order valence-electron chi connectivity index (χ3n) is 2.67. The summed E-state index contributed by atoms with van der Waals surface area (Å²) < 4.78 is 2.75. The molecule has 0 amide bonds. The third-order valence-corrected chi connectivity index (χ3v) is 3.28. The van der Waals surface area contributed by atoms with E-state index in [4.69, 9.17) is 0 Å². The predicted octanol–water partition coefficient (Wildman–Crippen LogP) is 2.29. The first-order valence-corrected chi connectivity index (χ1v) is 6.56. The molecule has 0 spiro atoms. The van der Waals surface area contributed by atoms with Crippen LogP contribution in [-0.4, -0.2) is 40.4 Å². The zero-order chi connectivity index (χ0) is 13.2. The van der Waals surface area contributed by atoms with Gasteiger partial charge in [0.15, 0.2) is 0 Å². The summed E-state index contributed by atoms with van der Waals surface area (Å²) >= 11 is 3.46. The van der Waals surface area contributed by atoms with E-state index in [0.717, 1.165) is 23.3 Å². The summed E-state index contributed by atoms with van der Waals surface area (Å²) in [7, 11) is 4.05. The normalized spacial score (nSPS) is 14.4. The van der Waals surface area contributed by atoms with Crippen LogP contribution >= 0.6 is 15.9 Å². The fraction of sp³-hybridized carbons (Fsp3) is 0.750. The lowest BCUT2D eigenvalue weighted by Gasteiger charge is -2.27. The van der Waals surface area contributed by atoms with E-state index in [0.29, 0.717) is 0 Å². The molecule has 0 aliphatic carbocycles. The van der Waals surface area contributed by atoms with Crippen molar-refractivity contribution in [2.24, 2.45) is 5.41 Å². The molecule has 17 heavy (non-hydrogen) atoms. The Hall–Kier alpha value is -0.390. The standard InChI is InChI=1S/C12H22BrN3O/c1-12(2,3)11(17)10-9(13)8-14-16(10)7-6-15(4)5/h8,11,17H,6-7H2,1-5H3. The van der Waals surface area contributed by atoms with Gasteiger partial charge in [-0.1, -0.05) is 20.8 Å². The van der Waals surface area contributed by atoms with Gasteiger partial charge in [-0.25, -0.2) is 0 Å². The van der Waals surface area contributed by atoms with Crippen LogP contribution in [0.3, 0.4) is 0 Å². The minimum Gasteiger partial charge on any atom is -0.386 e. The van der Waals surface area contributed by atoms with Crippen molar-refractivity contribution < 1.29 is 5.11 Å². The number of aliphatic hydroxyl groups is 1. The van der Waals surface area contributed by atoms with Crippen molar-refractivity contribution in [3.05, 3.63) is 16.4 Å². The topological polar surface area (TPSA) is 41.3 Å². The smallest absolute Gasteiger partial charge is 0.102 e. The van der Waals surface area contributed by atoms with E-state index >= 15 is 0 Å². The van der Waals surface area contributed by atoms with Gasteiger partial charge >= 0.3 is 0 Å². The van der Waals surface area contributed by atoms with Crippen molar-refractivity contribution in [3.63, 3.8) is 0 Å². The number of halogens is 1. The minimum atomic E-state index is -0.526. The van der Waals surface area contributed by atoms with E-state index in [2.05, 4.69) is 25.9 Å². The molecule has 1 atom stereocenters. The van der Waals surface area contributed by atoms with Crippen LogP contribution in [0.15, 0.2) is 10.7 Å². The monoisotopic (exact) mass is 303 g/mol. The fourth-order valence-electron chi connectivity index (χ4n) is 1.53. The Morgan fingerprint density at radius 3 is 2.53 bits per heavy atom. The summed E-state index contributed by atoms with van der Waals surface area (Å²) in [5, 5.41) is 14.7. The van der Waals surface area contributed by atoms with E-state index in [1.807, 2.05) is 39.5 Å². The van der Waals surface area contributed by atoms with E-state index in [1.165, 1.54) is 0 Å². The van der Waals surface area contributed by atoms with E-state index in [9.17, 15) is 5.11 Å². The second kappa shape index (κ2) is 5.50. The average molecular weight is 304 g/mol. The maximum Gasteiger partial charge on any atom is 0.102 e. The first-order valence-electron chi connectivity index (χ1n) is 5.77. The Balaban J connectivity index is 2.94. The van der Waals surface area contributed by atoms with Gasteiger partial charge in [-0.2, -0.15) is 5.10 Å². The molecule has 0 saturated heterocycles. The molecule has 1 unspecified atom stereocenters. The largest absolute Gasteiger partial charge is 0.386 e. The Bertz CT molecular complexity index is 368. The second-order valence-corrected chi connectivity index (χ2v) is 6.53. The van der Waals surface area contributed by atoms with Gasteiger partial charge < -0.3 is 10.0 Å². The van der Waals surface area contributed by atoms with Crippen LogP contribution in [0.1, 0.15) is 32.6 Å². The second-order valence-electron chi connectivity index (χ2n) is 5.67. The van der Waals surface area contributed by atoms with Crippen LogP contribution < -0.4 is 0 Å². The summed E-state index contributed by atoms with van der Waals surface area (Å²) in [6.07, 6.45) is 1.22. The Labute approximate surface area is 112 Å². The van der Waals surface area contributed by atoms with Crippen molar-refractivity contribution in [2.75, 3.05) is 20.6 Å². The quantitative estimate of drug-likeness (QED) is 0.928. The zero-order valence-corrected chi connectivity index (χ0v) is 12.8. The van der Waals surface area contributed by atoms with E-state index < -0.39 is 6.10 Å². The first-order chi connectivity index (χ1) is 7.73. The van der Waals surface area contributed by atoms with Crippen molar-refractivity contribution in [2.45, 2.75) is 33.4 Å². The number of aromatic nitrogens is 2. The molecule has 1 aromatic rings. The van der Waals surface area contributed by atoms with Gasteiger partial charge in [0.05, 0.1) is 22.9 Å². The highest BCUT2D eigenvalue weighted by Crippen LogP contribution is 2.36. The van der Waals surface area contributed by atoms with Gasteiger partial charge in [0.25, 0.3) is 0 Å². The summed E-state index contributed by atoms with van der Waals surface area (Å²) in [6.45, 7) is 7.74. The van der Waals surface area contributed by atoms with Crippen LogP contribution in [0.2, 0.25) is 0 Å². The molecule has 4 nitrogen and oxygen atoms in total. The molecule has 1 heterocycles. The summed E-state index contributed by atoms with van der Waals surface area (Å²) in [4.78, 5) is 2.10. The molecule has 0 aromatic carbocycles. The van der Waals surface area contributed by atoms with Gasteiger partial charge in [-0.05, 0) is 35.4 Å². The maximum atomic E-state index is 10.4. The van der Waals surface area contributed by atoms with Gasteiger partial charge in [0.1, 0.15) is 6.10 Å². The molecule has 1 N–H and O–H groups in total. The molecule has 0 aliphatic rings.